The number of aliphatic carboxylic acids is 1. The van der Waals surface area contributed by atoms with Crippen molar-refractivity contribution in [3.63, 3.8) is 0 Å². The first-order chi connectivity index (χ1) is 14.2. The molecule has 8 nitrogen and oxygen atoms in total. The summed E-state index contributed by atoms with van der Waals surface area (Å²) in [5.74, 6) is -1.01. The topological polar surface area (TPSA) is 114 Å². The van der Waals surface area contributed by atoms with Crippen LogP contribution in [0.15, 0.2) is 39.7 Å². The quantitative estimate of drug-likeness (QED) is 0.284. The number of thiocarbonyl (C=S) groups is 1. The van der Waals surface area contributed by atoms with Gasteiger partial charge >= 0.3 is 5.97 Å². The number of rotatable bonds is 7. The van der Waals surface area contributed by atoms with Crippen molar-refractivity contribution in [2.45, 2.75) is 32.7 Å². The van der Waals surface area contributed by atoms with Gasteiger partial charge in [0, 0.05) is 12.1 Å². The molecule has 0 radical (unpaired) electrons. The van der Waals surface area contributed by atoms with Gasteiger partial charge in [-0.05, 0) is 37.1 Å². The Kier molecular flexibility index (Phi) is 6.37. The maximum atomic E-state index is 12.8. The van der Waals surface area contributed by atoms with Gasteiger partial charge in [-0.3, -0.25) is 19.8 Å². The molecule has 1 aromatic carbocycles. The molecular formula is C20H18N2O6S2. The van der Waals surface area contributed by atoms with E-state index in [2.05, 4.69) is 0 Å². The number of amides is 1. The predicted octanol–water partition coefficient (Wildman–Crippen LogP) is 4.62. The fourth-order valence-electron chi connectivity index (χ4n) is 3.09. The van der Waals surface area contributed by atoms with E-state index in [0.717, 1.165) is 22.2 Å². The van der Waals surface area contributed by atoms with E-state index in [1.54, 1.807) is 31.2 Å². The number of nitro benzene ring substituents is 1. The van der Waals surface area contributed by atoms with Crippen LogP contribution in [0.5, 0.6) is 0 Å². The van der Waals surface area contributed by atoms with E-state index < -0.39 is 22.8 Å². The van der Waals surface area contributed by atoms with Crippen molar-refractivity contribution in [3.05, 3.63) is 56.7 Å². The molecule has 3 rings (SSSR count). The third-order valence-corrected chi connectivity index (χ3v) is 5.83. The molecule has 1 N–H and O–H groups in total. The van der Waals surface area contributed by atoms with Crippen molar-refractivity contribution in [1.82, 2.24) is 4.90 Å². The maximum absolute atomic E-state index is 12.8. The van der Waals surface area contributed by atoms with E-state index in [0.29, 0.717) is 17.7 Å². The Balaban J connectivity index is 1.91. The van der Waals surface area contributed by atoms with Gasteiger partial charge in [-0.15, -0.1) is 0 Å². The number of nitrogens with zero attached hydrogens (tertiary/aromatic N) is 2. The average molecular weight is 447 g/mol. The van der Waals surface area contributed by atoms with Crippen LogP contribution in [-0.4, -0.2) is 37.2 Å². The molecule has 0 unspecified atom stereocenters. The Morgan fingerprint density at radius 2 is 2.13 bits per heavy atom. The molecule has 1 fully saturated rings. The standard InChI is InChI=1S/C20H18N2O6S2/c1-3-4-14(19(24)25)21-18(23)17(30-20(21)29)10-12-6-8-16(28-12)13-7-5-11(2)9-15(13)22(26)27/h5-10,14H,3-4H2,1-2H3,(H,24,25)/b17-10-/t14-/m1/s1. The highest BCUT2D eigenvalue weighted by Gasteiger charge is 2.40. The smallest absolute Gasteiger partial charge is 0.326 e. The van der Waals surface area contributed by atoms with E-state index in [1.807, 2.05) is 6.92 Å². The highest BCUT2D eigenvalue weighted by molar-refractivity contribution is 8.26. The van der Waals surface area contributed by atoms with Crippen LogP contribution in [0.2, 0.25) is 0 Å². The average Bonchev–Trinajstić information content (AvgIpc) is 3.25. The predicted molar refractivity (Wildman–Crippen MR) is 117 cm³/mol. The minimum Gasteiger partial charge on any atom is -0.480 e. The normalized spacial score (nSPS) is 16.3. The van der Waals surface area contributed by atoms with Crippen molar-refractivity contribution >= 4 is 51.9 Å². The summed E-state index contributed by atoms with van der Waals surface area (Å²) >= 11 is 6.22. The second kappa shape index (κ2) is 8.80. The minimum absolute atomic E-state index is 0.0777. The van der Waals surface area contributed by atoms with Crippen LogP contribution in [-0.2, 0) is 9.59 Å². The summed E-state index contributed by atoms with van der Waals surface area (Å²) in [5, 5.41) is 20.8. The van der Waals surface area contributed by atoms with Gasteiger partial charge in [0.1, 0.15) is 21.9 Å². The van der Waals surface area contributed by atoms with Gasteiger partial charge in [-0.25, -0.2) is 4.79 Å². The molecule has 0 spiro atoms. The number of carboxylic acid groups (broad SMARTS) is 1. The molecule has 2 heterocycles. The largest absolute Gasteiger partial charge is 0.480 e. The molecule has 1 aliphatic rings. The molecule has 1 aromatic heterocycles. The van der Waals surface area contributed by atoms with Gasteiger partial charge in [0.2, 0.25) is 0 Å². The first-order valence-electron chi connectivity index (χ1n) is 9.08. The number of hydrogen-bond acceptors (Lipinski definition) is 7. The van der Waals surface area contributed by atoms with Crippen molar-refractivity contribution in [2.75, 3.05) is 0 Å². The van der Waals surface area contributed by atoms with Crippen LogP contribution in [0.1, 0.15) is 31.1 Å². The van der Waals surface area contributed by atoms with Crippen LogP contribution in [0, 0.1) is 17.0 Å². The molecule has 1 atom stereocenters. The zero-order chi connectivity index (χ0) is 22.0. The van der Waals surface area contributed by atoms with Gasteiger partial charge in [0.25, 0.3) is 11.6 Å². The van der Waals surface area contributed by atoms with Crippen LogP contribution in [0.3, 0.4) is 0 Å². The summed E-state index contributed by atoms with van der Waals surface area (Å²) in [6.07, 6.45) is 2.34. The fourth-order valence-corrected chi connectivity index (χ4v) is 4.43. The lowest BCUT2D eigenvalue weighted by molar-refractivity contribution is -0.384. The van der Waals surface area contributed by atoms with Gasteiger partial charge in [0.15, 0.2) is 0 Å². The van der Waals surface area contributed by atoms with Crippen molar-refractivity contribution in [3.8, 4) is 11.3 Å². The molecule has 1 amide bonds. The minimum atomic E-state index is -1.11. The van der Waals surface area contributed by atoms with E-state index in [1.165, 1.54) is 12.1 Å². The molecule has 10 heteroatoms. The van der Waals surface area contributed by atoms with E-state index in [4.69, 9.17) is 16.6 Å². The Labute approximate surface area is 181 Å². The Morgan fingerprint density at radius 1 is 1.40 bits per heavy atom. The molecule has 0 saturated carbocycles. The van der Waals surface area contributed by atoms with E-state index >= 15 is 0 Å². The molecular weight excluding hydrogens is 428 g/mol. The van der Waals surface area contributed by atoms with Gasteiger partial charge in [0.05, 0.1) is 15.4 Å². The first kappa shape index (κ1) is 21.7. The van der Waals surface area contributed by atoms with Crippen LogP contribution in [0.4, 0.5) is 5.69 Å². The van der Waals surface area contributed by atoms with Crippen molar-refractivity contribution < 1.29 is 24.0 Å². The summed E-state index contributed by atoms with van der Waals surface area (Å²) in [7, 11) is 0. The number of thioether (sulfide) groups is 1. The molecule has 1 saturated heterocycles. The maximum Gasteiger partial charge on any atom is 0.326 e. The number of carbonyl (C=O) groups excluding carboxylic acids is 1. The Morgan fingerprint density at radius 3 is 2.77 bits per heavy atom. The van der Waals surface area contributed by atoms with Crippen LogP contribution >= 0.6 is 24.0 Å². The lowest BCUT2D eigenvalue weighted by Crippen LogP contribution is -2.43. The molecule has 30 heavy (non-hydrogen) atoms. The highest BCUT2D eigenvalue weighted by Crippen LogP contribution is 2.37. The highest BCUT2D eigenvalue weighted by atomic mass is 32.2. The van der Waals surface area contributed by atoms with E-state index in [9.17, 15) is 24.8 Å². The zero-order valence-corrected chi connectivity index (χ0v) is 17.8. The Hall–Kier alpha value is -2.98. The molecule has 2 aromatic rings. The molecule has 156 valence electrons. The monoisotopic (exact) mass is 446 g/mol. The first-order valence-corrected chi connectivity index (χ1v) is 10.3. The third kappa shape index (κ3) is 4.29. The van der Waals surface area contributed by atoms with Gasteiger partial charge in [-0.2, -0.15) is 0 Å². The number of carbonyl (C=O) groups is 2. The second-order valence-electron chi connectivity index (χ2n) is 6.67. The molecule has 0 bridgehead atoms. The van der Waals surface area contributed by atoms with Crippen LogP contribution in [0.25, 0.3) is 17.4 Å². The summed E-state index contributed by atoms with van der Waals surface area (Å²) in [6.45, 7) is 3.59. The summed E-state index contributed by atoms with van der Waals surface area (Å²) < 4.78 is 5.89. The molecule has 0 aliphatic carbocycles. The third-order valence-electron chi connectivity index (χ3n) is 4.50. The zero-order valence-electron chi connectivity index (χ0n) is 16.2. The number of furan rings is 1. The van der Waals surface area contributed by atoms with E-state index in [-0.39, 0.29) is 27.1 Å². The number of nitro groups is 1. The number of carboxylic acids is 1. The summed E-state index contributed by atoms with van der Waals surface area (Å²) in [5.41, 5.74) is 0.999. The molecule has 1 aliphatic heterocycles. The lowest BCUT2D eigenvalue weighted by Gasteiger charge is -2.22. The van der Waals surface area contributed by atoms with Gasteiger partial charge in [-0.1, -0.05) is 43.4 Å². The van der Waals surface area contributed by atoms with Crippen LogP contribution < -0.4 is 0 Å². The fraction of sp³-hybridized carbons (Fsp3) is 0.250. The SMILES string of the molecule is CCC[C@H](C(=O)O)N1C(=O)/C(=C/c2ccc(-c3ccc(C)cc3[N+](=O)[O-])o2)SC1=S. The number of benzene rings is 1. The van der Waals surface area contributed by atoms with Gasteiger partial charge < -0.3 is 9.52 Å². The summed E-state index contributed by atoms with van der Waals surface area (Å²) in [4.78, 5) is 36.5. The van der Waals surface area contributed by atoms with Crippen molar-refractivity contribution in [1.29, 1.82) is 0 Å². The number of hydrogen-bond donors (Lipinski definition) is 1. The Bertz CT molecular complexity index is 1070. The van der Waals surface area contributed by atoms with Crippen molar-refractivity contribution in [2.24, 2.45) is 0 Å². The second-order valence-corrected chi connectivity index (χ2v) is 8.35. The lowest BCUT2D eigenvalue weighted by atomic mass is 10.1. The summed E-state index contributed by atoms with van der Waals surface area (Å²) in [6, 6.07) is 6.97. The number of aryl methyl sites for hydroxylation is 1.